The number of para-hydroxylation sites is 1. The summed E-state index contributed by atoms with van der Waals surface area (Å²) in [6.07, 6.45) is 3.44. The van der Waals surface area contributed by atoms with Gasteiger partial charge in [-0.25, -0.2) is 18.2 Å². The van der Waals surface area contributed by atoms with Crippen molar-refractivity contribution in [1.29, 1.82) is 0 Å². The average molecular weight is 484 g/mol. The molecule has 0 spiro atoms. The topological polar surface area (TPSA) is 88.1 Å². The fourth-order valence-corrected chi connectivity index (χ4v) is 4.45. The molecule has 0 unspecified atom stereocenters. The average Bonchev–Trinajstić information content (AvgIpc) is 2.85. The van der Waals surface area contributed by atoms with Gasteiger partial charge in [0.05, 0.1) is 23.4 Å². The molecule has 0 aliphatic carbocycles. The molecule has 0 saturated carbocycles. The summed E-state index contributed by atoms with van der Waals surface area (Å²) in [6, 6.07) is 20.1. The van der Waals surface area contributed by atoms with Crippen LogP contribution in [0.3, 0.4) is 0 Å². The van der Waals surface area contributed by atoms with Crippen molar-refractivity contribution >= 4 is 27.8 Å². The second-order valence-electron chi connectivity index (χ2n) is 7.34. The van der Waals surface area contributed by atoms with Crippen molar-refractivity contribution in [2.45, 2.75) is 24.7 Å². The molecule has 0 aromatic heterocycles. The summed E-state index contributed by atoms with van der Waals surface area (Å²) in [5.41, 5.74) is 2.78. The standard InChI is InChI=1S/C25H26FN3O4S/c1-2-3-17-33-21-15-13-20(14-16-21)18-27-28-25(30)19-29(24-12-8-7-11-23(24)26)34(31,32)22-9-5-4-6-10-22/h4-16,18H,2-3,17,19H2,1H3,(H,28,30)/b27-18-. The zero-order chi connectivity index (χ0) is 24.4. The largest absolute Gasteiger partial charge is 0.494 e. The Morgan fingerprint density at radius 3 is 2.38 bits per heavy atom. The molecule has 1 N–H and O–H groups in total. The SMILES string of the molecule is CCCCOc1ccc(/C=N\NC(=O)CN(c2ccccc2F)S(=O)(=O)c2ccccc2)cc1. The Morgan fingerprint density at radius 1 is 1.03 bits per heavy atom. The molecule has 7 nitrogen and oxygen atoms in total. The Kier molecular flexibility index (Phi) is 8.75. The van der Waals surface area contributed by atoms with E-state index in [0.717, 1.165) is 29.0 Å². The van der Waals surface area contributed by atoms with Crippen molar-refractivity contribution in [3.63, 3.8) is 0 Å². The first kappa shape index (κ1) is 24.9. The molecule has 0 fully saturated rings. The number of benzene rings is 3. The fraction of sp³-hybridized carbons (Fsp3) is 0.200. The van der Waals surface area contributed by atoms with E-state index >= 15 is 0 Å². The van der Waals surface area contributed by atoms with E-state index in [2.05, 4.69) is 17.5 Å². The normalized spacial score (nSPS) is 11.4. The van der Waals surface area contributed by atoms with Crippen LogP contribution in [0.5, 0.6) is 5.75 Å². The number of sulfonamides is 1. The van der Waals surface area contributed by atoms with Crippen molar-refractivity contribution in [2.24, 2.45) is 5.10 Å². The van der Waals surface area contributed by atoms with Crippen LogP contribution in [0.4, 0.5) is 10.1 Å². The van der Waals surface area contributed by atoms with E-state index < -0.39 is 28.3 Å². The zero-order valence-corrected chi connectivity index (χ0v) is 19.5. The number of nitrogens with one attached hydrogen (secondary N) is 1. The van der Waals surface area contributed by atoms with E-state index in [4.69, 9.17) is 4.74 Å². The van der Waals surface area contributed by atoms with Crippen LogP contribution in [0, 0.1) is 5.82 Å². The number of hydrazone groups is 1. The van der Waals surface area contributed by atoms with Crippen LogP contribution < -0.4 is 14.5 Å². The minimum Gasteiger partial charge on any atom is -0.494 e. The van der Waals surface area contributed by atoms with Gasteiger partial charge in [-0.1, -0.05) is 43.7 Å². The van der Waals surface area contributed by atoms with Crippen molar-refractivity contribution in [1.82, 2.24) is 5.43 Å². The summed E-state index contributed by atoms with van der Waals surface area (Å²) in [7, 11) is -4.20. The highest BCUT2D eigenvalue weighted by Crippen LogP contribution is 2.25. The molecule has 1 amide bonds. The molecule has 0 heterocycles. The fourth-order valence-electron chi connectivity index (χ4n) is 3.00. The predicted molar refractivity (Wildman–Crippen MR) is 130 cm³/mol. The number of hydrogen-bond donors (Lipinski definition) is 1. The minimum atomic E-state index is -4.20. The Balaban J connectivity index is 1.71. The predicted octanol–water partition coefficient (Wildman–Crippen LogP) is 4.35. The van der Waals surface area contributed by atoms with Crippen LogP contribution in [0.15, 0.2) is 88.9 Å². The summed E-state index contributed by atoms with van der Waals surface area (Å²) in [5.74, 6) is -0.751. The molecule has 0 aliphatic heterocycles. The highest BCUT2D eigenvalue weighted by atomic mass is 32.2. The lowest BCUT2D eigenvalue weighted by molar-refractivity contribution is -0.119. The number of nitrogens with zero attached hydrogens (tertiary/aromatic N) is 2. The molecular formula is C25H26FN3O4S. The third kappa shape index (κ3) is 6.64. The first-order valence-corrected chi connectivity index (χ1v) is 12.2. The summed E-state index contributed by atoms with van der Waals surface area (Å²) >= 11 is 0. The molecule has 0 radical (unpaired) electrons. The van der Waals surface area contributed by atoms with Gasteiger partial charge in [0.25, 0.3) is 15.9 Å². The van der Waals surface area contributed by atoms with E-state index in [1.54, 1.807) is 42.5 Å². The molecule has 0 atom stereocenters. The van der Waals surface area contributed by atoms with Crippen LogP contribution in [-0.4, -0.2) is 33.7 Å². The first-order valence-electron chi connectivity index (χ1n) is 10.8. The van der Waals surface area contributed by atoms with Crippen LogP contribution >= 0.6 is 0 Å². The third-order valence-electron chi connectivity index (χ3n) is 4.79. The second kappa shape index (κ2) is 11.9. The Labute approximate surface area is 198 Å². The first-order chi connectivity index (χ1) is 16.4. The number of rotatable bonds is 11. The maximum absolute atomic E-state index is 14.5. The molecular weight excluding hydrogens is 457 g/mol. The summed E-state index contributed by atoms with van der Waals surface area (Å²) in [6.45, 7) is 2.08. The van der Waals surface area contributed by atoms with Gasteiger partial charge >= 0.3 is 0 Å². The Hall–Kier alpha value is -3.72. The van der Waals surface area contributed by atoms with Crippen molar-refractivity contribution in [3.8, 4) is 5.75 Å². The van der Waals surface area contributed by atoms with Gasteiger partial charge in [0.1, 0.15) is 18.1 Å². The van der Waals surface area contributed by atoms with Crippen LogP contribution in [0.1, 0.15) is 25.3 Å². The number of hydrogen-bond acceptors (Lipinski definition) is 5. The van der Waals surface area contributed by atoms with E-state index in [-0.39, 0.29) is 10.6 Å². The number of carbonyl (C=O) groups is 1. The van der Waals surface area contributed by atoms with Crippen LogP contribution in [0.2, 0.25) is 0 Å². The van der Waals surface area contributed by atoms with Gasteiger partial charge < -0.3 is 4.74 Å². The van der Waals surface area contributed by atoms with Gasteiger partial charge in [-0.3, -0.25) is 9.10 Å². The van der Waals surface area contributed by atoms with Crippen LogP contribution in [0.25, 0.3) is 0 Å². The monoisotopic (exact) mass is 483 g/mol. The molecule has 0 aliphatic rings. The third-order valence-corrected chi connectivity index (χ3v) is 6.56. The van der Waals surface area contributed by atoms with Gasteiger partial charge in [0.15, 0.2) is 0 Å². The molecule has 3 aromatic rings. The smallest absolute Gasteiger partial charge is 0.264 e. The molecule has 3 rings (SSSR count). The highest BCUT2D eigenvalue weighted by molar-refractivity contribution is 7.92. The lowest BCUT2D eigenvalue weighted by Crippen LogP contribution is -2.40. The van der Waals surface area contributed by atoms with E-state index in [0.29, 0.717) is 12.2 Å². The highest BCUT2D eigenvalue weighted by Gasteiger charge is 2.28. The summed E-state index contributed by atoms with van der Waals surface area (Å²) in [5, 5.41) is 3.89. The number of unbranched alkanes of at least 4 members (excludes halogenated alkanes) is 1. The van der Waals surface area contributed by atoms with E-state index in [1.807, 2.05) is 0 Å². The Bertz CT molecular complexity index is 1220. The number of amides is 1. The van der Waals surface area contributed by atoms with Gasteiger partial charge in [-0.2, -0.15) is 5.10 Å². The molecule has 178 valence electrons. The van der Waals surface area contributed by atoms with E-state index in [1.165, 1.54) is 36.5 Å². The molecule has 34 heavy (non-hydrogen) atoms. The van der Waals surface area contributed by atoms with Gasteiger partial charge in [0, 0.05) is 0 Å². The molecule has 9 heteroatoms. The van der Waals surface area contributed by atoms with E-state index in [9.17, 15) is 17.6 Å². The van der Waals surface area contributed by atoms with Gasteiger partial charge in [0.2, 0.25) is 0 Å². The van der Waals surface area contributed by atoms with Gasteiger partial charge in [-0.05, 0) is 60.5 Å². The summed E-state index contributed by atoms with van der Waals surface area (Å²) in [4.78, 5) is 12.5. The lowest BCUT2D eigenvalue weighted by Gasteiger charge is -2.24. The Morgan fingerprint density at radius 2 is 1.71 bits per heavy atom. The van der Waals surface area contributed by atoms with Crippen molar-refractivity contribution in [3.05, 3.63) is 90.2 Å². The minimum absolute atomic E-state index is 0.0594. The lowest BCUT2D eigenvalue weighted by atomic mass is 10.2. The quantitative estimate of drug-likeness (QED) is 0.250. The molecule has 0 saturated heterocycles. The van der Waals surface area contributed by atoms with Crippen molar-refractivity contribution in [2.75, 3.05) is 17.5 Å². The van der Waals surface area contributed by atoms with Crippen LogP contribution in [-0.2, 0) is 14.8 Å². The number of carbonyl (C=O) groups excluding carboxylic acids is 1. The zero-order valence-electron chi connectivity index (χ0n) is 18.7. The maximum atomic E-state index is 14.5. The van der Waals surface area contributed by atoms with Crippen molar-refractivity contribution < 1.29 is 22.3 Å². The number of anilines is 1. The number of ether oxygens (including phenoxy) is 1. The molecule has 0 bridgehead atoms. The molecule has 3 aromatic carbocycles. The summed E-state index contributed by atoms with van der Waals surface area (Å²) < 4.78 is 47.1. The number of halogens is 1. The maximum Gasteiger partial charge on any atom is 0.264 e. The second-order valence-corrected chi connectivity index (χ2v) is 9.20. The van der Waals surface area contributed by atoms with Gasteiger partial charge in [-0.15, -0.1) is 0 Å².